The van der Waals surface area contributed by atoms with E-state index in [-0.39, 0.29) is 91.1 Å². The number of rotatable bonds is 16. The van der Waals surface area contributed by atoms with Crippen LogP contribution in [0.3, 0.4) is 0 Å². The van der Waals surface area contributed by atoms with Gasteiger partial charge in [0.25, 0.3) is 5.92 Å². The molecule has 362 valence electrons. The Hall–Kier alpha value is -4.33. The van der Waals surface area contributed by atoms with E-state index in [0.29, 0.717) is 36.1 Å². The van der Waals surface area contributed by atoms with Crippen molar-refractivity contribution in [1.82, 2.24) is 25.2 Å². The molecule has 20 heteroatoms. The van der Waals surface area contributed by atoms with Crippen molar-refractivity contribution in [3.63, 3.8) is 0 Å². The Morgan fingerprint density at radius 3 is 2.00 bits per heavy atom. The number of carbonyl (C=O) groups excluding carboxylic acids is 4. The van der Waals surface area contributed by atoms with Gasteiger partial charge in [0.2, 0.25) is 21.8 Å². The van der Waals surface area contributed by atoms with Crippen LogP contribution in [0.25, 0.3) is 0 Å². The largest absolute Gasteiger partial charge is 0.444 e. The summed E-state index contributed by atoms with van der Waals surface area (Å²) in [6.07, 6.45) is 1.55. The van der Waals surface area contributed by atoms with Gasteiger partial charge in [0.15, 0.2) is 0 Å². The van der Waals surface area contributed by atoms with Gasteiger partial charge < -0.3 is 39.7 Å². The fourth-order valence-electron chi connectivity index (χ4n) is 8.41. The van der Waals surface area contributed by atoms with Gasteiger partial charge >= 0.3 is 12.2 Å². The molecule has 3 N–H and O–H groups in total. The fourth-order valence-corrected chi connectivity index (χ4v) is 10.0. The number of nitrogens with one attached hydrogen (secondary N) is 3. The molecular weight excluding hydrogens is 886 g/mol. The monoisotopic (exact) mass is 953 g/mol. The molecule has 1 aliphatic carbocycles. The molecule has 2 aromatic rings. The zero-order chi connectivity index (χ0) is 48.0. The Kier molecular flexibility index (Phi) is 16.8. The second kappa shape index (κ2) is 21.1. The van der Waals surface area contributed by atoms with Gasteiger partial charge in [-0.1, -0.05) is 11.6 Å². The summed E-state index contributed by atoms with van der Waals surface area (Å²) in [5, 5.41) is 8.39. The lowest BCUT2D eigenvalue weighted by Gasteiger charge is -2.36. The number of alkyl halides is 2. The molecular formula is C45H68ClF2N8O8S+. The Morgan fingerprint density at radius 1 is 0.846 bits per heavy atom. The number of anilines is 2. The van der Waals surface area contributed by atoms with Gasteiger partial charge in [0.1, 0.15) is 22.2 Å². The molecule has 0 radical (unpaired) electrons. The van der Waals surface area contributed by atoms with Gasteiger partial charge in [-0.25, -0.2) is 31.8 Å². The summed E-state index contributed by atoms with van der Waals surface area (Å²) in [6, 6.07) is 8.03. The highest BCUT2D eigenvalue weighted by Crippen LogP contribution is 2.46. The topological polar surface area (TPSA) is 180 Å². The number of aromatic nitrogens is 1. The van der Waals surface area contributed by atoms with E-state index < -0.39 is 51.3 Å². The van der Waals surface area contributed by atoms with Gasteiger partial charge in [-0.05, 0) is 104 Å². The van der Waals surface area contributed by atoms with Crippen LogP contribution in [0.4, 0.5) is 29.9 Å². The smallest absolute Gasteiger partial charge is 0.407 e. The Labute approximate surface area is 387 Å². The SMILES string of the molecule is CC(C)(C)OC(=O)NCCC[N+](C)(C)CCCNC(=O)[C@H]1CC[C@H](C(F)(F)c2cc(Cl)nc(N3CCN(S(=O)(=O)c4ccc(N5C[C@H](NC(=O)OC(C)(C)C)CC5=O)cc4)CC3)c2)CC1. The highest BCUT2D eigenvalue weighted by atomic mass is 35.5. The number of halogens is 3. The van der Waals surface area contributed by atoms with Gasteiger partial charge in [-0.3, -0.25) is 9.59 Å². The van der Waals surface area contributed by atoms with Gasteiger partial charge in [0.05, 0.1) is 38.1 Å². The number of quaternary nitrogens is 1. The van der Waals surface area contributed by atoms with Crippen LogP contribution in [0.1, 0.15) is 92.1 Å². The minimum atomic E-state index is -3.93. The quantitative estimate of drug-likeness (QED) is 0.0987. The van der Waals surface area contributed by atoms with Crippen molar-refractivity contribution >= 4 is 57.1 Å². The maximum atomic E-state index is 16.2. The van der Waals surface area contributed by atoms with Crippen molar-refractivity contribution < 1.29 is 50.3 Å². The molecule has 0 bridgehead atoms. The number of ether oxygens (including phenoxy) is 2. The normalized spacial score (nSPS) is 20.4. The number of carbonyl (C=O) groups is 4. The average Bonchev–Trinajstić information content (AvgIpc) is 3.58. The number of amides is 4. The first kappa shape index (κ1) is 51.7. The van der Waals surface area contributed by atoms with Crippen LogP contribution in [0.5, 0.6) is 0 Å². The highest BCUT2D eigenvalue weighted by Gasteiger charge is 2.45. The molecule has 0 spiro atoms. The molecule has 1 atom stereocenters. The Bertz CT molecular complexity index is 2100. The first-order chi connectivity index (χ1) is 30.2. The highest BCUT2D eigenvalue weighted by molar-refractivity contribution is 7.89. The fraction of sp³-hybridized carbons (Fsp3) is 0.667. The number of sulfonamides is 1. The predicted octanol–water partition coefficient (Wildman–Crippen LogP) is 6.27. The van der Waals surface area contributed by atoms with Crippen molar-refractivity contribution in [2.24, 2.45) is 11.8 Å². The zero-order valence-electron chi connectivity index (χ0n) is 39.1. The minimum Gasteiger partial charge on any atom is -0.444 e. The Balaban J connectivity index is 1.06. The van der Waals surface area contributed by atoms with Crippen molar-refractivity contribution in [3.05, 3.63) is 47.1 Å². The number of nitrogens with zero attached hydrogens (tertiary/aromatic N) is 5. The van der Waals surface area contributed by atoms with Crippen molar-refractivity contribution in [3.8, 4) is 0 Å². The van der Waals surface area contributed by atoms with Crippen LogP contribution >= 0.6 is 11.6 Å². The summed E-state index contributed by atoms with van der Waals surface area (Å²) in [4.78, 5) is 57.5. The number of hydrogen-bond acceptors (Lipinski definition) is 10. The first-order valence-corrected chi connectivity index (χ1v) is 24.3. The molecule has 3 fully saturated rings. The maximum Gasteiger partial charge on any atom is 0.407 e. The molecule has 1 aromatic carbocycles. The summed E-state index contributed by atoms with van der Waals surface area (Å²) >= 11 is 6.33. The van der Waals surface area contributed by atoms with Crippen LogP contribution in [0, 0.1) is 11.8 Å². The second-order valence-corrected chi connectivity index (χ2v) is 22.3. The predicted molar refractivity (Wildman–Crippen MR) is 244 cm³/mol. The van der Waals surface area contributed by atoms with Crippen LogP contribution in [-0.4, -0.2) is 136 Å². The molecule has 0 unspecified atom stereocenters. The second-order valence-electron chi connectivity index (χ2n) is 20.0. The van der Waals surface area contributed by atoms with E-state index in [1.807, 2.05) is 20.8 Å². The van der Waals surface area contributed by atoms with Gasteiger partial charge in [-0.2, -0.15) is 4.31 Å². The van der Waals surface area contributed by atoms with Crippen LogP contribution in [0.15, 0.2) is 41.3 Å². The summed E-state index contributed by atoms with van der Waals surface area (Å²) in [5.41, 5.74) is -1.01. The van der Waals surface area contributed by atoms with Crippen molar-refractivity contribution in [1.29, 1.82) is 0 Å². The molecule has 5 rings (SSSR count). The lowest BCUT2D eigenvalue weighted by molar-refractivity contribution is -0.890. The van der Waals surface area contributed by atoms with Gasteiger partial charge in [0, 0.05) is 88.2 Å². The third-order valence-electron chi connectivity index (χ3n) is 11.8. The number of alkyl carbamates (subject to hydrolysis) is 2. The molecule has 1 saturated carbocycles. The maximum absolute atomic E-state index is 16.2. The lowest BCUT2D eigenvalue weighted by atomic mass is 9.77. The van der Waals surface area contributed by atoms with E-state index in [1.54, 1.807) is 37.8 Å². The number of benzene rings is 1. The average molecular weight is 955 g/mol. The number of piperazine rings is 1. The third kappa shape index (κ3) is 14.8. The van der Waals surface area contributed by atoms with E-state index in [0.717, 1.165) is 25.9 Å². The van der Waals surface area contributed by atoms with E-state index in [9.17, 15) is 27.6 Å². The lowest BCUT2D eigenvalue weighted by Crippen LogP contribution is -2.49. The van der Waals surface area contributed by atoms with Gasteiger partial charge in [-0.15, -0.1) is 0 Å². The first-order valence-electron chi connectivity index (χ1n) is 22.5. The molecule has 2 saturated heterocycles. The van der Waals surface area contributed by atoms with Crippen molar-refractivity contribution in [2.45, 2.75) is 115 Å². The van der Waals surface area contributed by atoms with E-state index in [4.69, 9.17) is 21.1 Å². The summed E-state index contributed by atoms with van der Waals surface area (Å²) in [5.74, 6) is -4.68. The molecule has 3 aliphatic rings. The van der Waals surface area contributed by atoms with Crippen LogP contribution in [-0.2, 0) is 35.0 Å². The van der Waals surface area contributed by atoms with Crippen molar-refractivity contribution in [2.75, 3.05) is 82.8 Å². The Morgan fingerprint density at radius 2 is 1.42 bits per heavy atom. The summed E-state index contributed by atoms with van der Waals surface area (Å²) in [6.45, 7) is 14.0. The molecule has 16 nitrogen and oxygen atoms in total. The van der Waals surface area contributed by atoms with E-state index >= 15 is 8.78 Å². The summed E-state index contributed by atoms with van der Waals surface area (Å²) in [7, 11) is 0.259. The van der Waals surface area contributed by atoms with E-state index in [2.05, 4.69) is 35.0 Å². The molecule has 4 amide bonds. The van der Waals surface area contributed by atoms with Crippen LogP contribution in [0.2, 0.25) is 5.15 Å². The molecule has 2 aliphatic heterocycles. The molecule has 65 heavy (non-hydrogen) atoms. The number of hydrogen-bond donors (Lipinski definition) is 3. The zero-order valence-corrected chi connectivity index (χ0v) is 40.6. The summed E-state index contributed by atoms with van der Waals surface area (Å²) < 4.78 is 72.3. The third-order valence-corrected chi connectivity index (χ3v) is 13.9. The van der Waals surface area contributed by atoms with E-state index in [1.165, 1.54) is 33.5 Å². The molecule has 1 aromatic heterocycles. The number of pyridine rings is 1. The minimum absolute atomic E-state index is 0.0396. The standard InChI is InChI=1S/C45H67ClF2N8O8S/c1-43(2,3)63-41(59)50-20-10-26-56(7,8)25-9-19-49-40(58)31-11-13-32(14-12-31)45(47,48)33-27-37(46)52-38(28-33)53-21-23-54(24-22-53)65(61,62)36-17-15-35(16-18-36)55-30-34(29-39(55)57)51-42(60)64-44(4,5)6/h15-18,27-28,31-32,34H,9-14,19-26,29-30H2,1-8H3,(H2-,49,50,51,58,59,60)/p+1/t31-,32-,34-/m1/s1. The van der Waals surface area contributed by atoms with Crippen LogP contribution < -0.4 is 25.8 Å². The molecule has 3 heterocycles.